The Morgan fingerprint density at radius 3 is 2.65 bits per heavy atom. The van der Waals surface area contributed by atoms with Crippen LogP contribution in [0.3, 0.4) is 0 Å². The van der Waals surface area contributed by atoms with Gasteiger partial charge in [0.1, 0.15) is 5.82 Å². The van der Waals surface area contributed by atoms with Crippen molar-refractivity contribution in [2.24, 2.45) is 5.73 Å². The minimum absolute atomic E-state index is 0.0577. The van der Waals surface area contributed by atoms with Crippen LogP contribution in [0.1, 0.15) is 31.9 Å². The van der Waals surface area contributed by atoms with Crippen molar-refractivity contribution < 1.29 is 4.39 Å². The first-order valence-corrected chi connectivity index (χ1v) is 7.45. The van der Waals surface area contributed by atoms with Gasteiger partial charge < -0.3 is 10.6 Å². The molecule has 2 N–H and O–H groups in total. The third kappa shape index (κ3) is 3.37. The van der Waals surface area contributed by atoms with Crippen LogP contribution >= 0.6 is 0 Å². The third-order valence-corrected chi connectivity index (χ3v) is 4.18. The van der Waals surface area contributed by atoms with Gasteiger partial charge in [0.25, 0.3) is 0 Å². The standard InChI is InChI=1S/C16H26FN3/c1-12-11-19(3)9-6-10-20(12)16(13(2)18)14-7-4-5-8-15(14)17/h4-5,7-8,12-13,16H,6,9-11,18H2,1-3H3. The average Bonchev–Trinajstić information content (AvgIpc) is 2.53. The highest BCUT2D eigenvalue weighted by Gasteiger charge is 2.31. The molecule has 0 saturated carbocycles. The van der Waals surface area contributed by atoms with E-state index in [1.54, 1.807) is 6.07 Å². The molecule has 1 fully saturated rings. The number of nitrogens with zero attached hydrogens (tertiary/aromatic N) is 2. The smallest absolute Gasteiger partial charge is 0.128 e. The van der Waals surface area contributed by atoms with Crippen LogP contribution in [-0.2, 0) is 0 Å². The quantitative estimate of drug-likeness (QED) is 0.921. The average molecular weight is 279 g/mol. The zero-order chi connectivity index (χ0) is 14.7. The molecule has 3 unspecified atom stereocenters. The Morgan fingerprint density at radius 1 is 1.30 bits per heavy atom. The molecule has 1 aliphatic rings. The molecule has 0 radical (unpaired) electrons. The molecule has 1 heterocycles. The summed E-state index contributed by atoms with van der Waals surface area (Å²) in [7, 11) is 2.14. The number of hydrogen-bond donors (Lipinski definition) is 1. The molecule has 0 amide bonds. The number of hydrogen-bond acceptors (Lipinski definition) is 3. The number of likely N-dealkylation sites (N-methyl/N-ethyl adjacent to an activating group) is 1. The second-order valence-corrected chi connectivity index (χ2v) is 6.03. The van der Waals surface area contributed by atoms with Gasteiger partial charge in [0.15, 0.2) is 0 Å². The SMILES string of the molecule is CC(N)C(c1ccccc1F)N1CCCN(C)CC1C. The first-order valence-electron chi connectivity index (χ1n) is 7.45. The second-order valence-electron chi connectivity index (χ2n) is 6.03. The van der Waals surface area contributed by atoms with Gasteiger partial charge in [0, 0.05) is 30.7 Å². The minimum atomic E-state index is -0.153. The van der Waals surface area contributed by atoms with E-state index in [1.807, 2.05) is 19.1 Å². The zero-order valence-corrected chi connectivity index (χ0v) is 12.7. The van der Waals surface area contributed by atoms with Gasteiger partial charge in [-0.2, -0.15) is 0 Å². The fourth-order valence-electron chi connectivity index (χ4n) is 3.28. The van der Waals surface area contributed by atoms with Gasteiger partial charge in [-0.05, 0) is 39.9 Å². The monoisotopic (exact) mass is 279 g/mol. The molecule has 2 rings (SSSR count). The fraction of sp³-hybridized carbons (Fsp3) is 0.625. The van der Waals surface area contributed by atoms with Gasteiger partial charge >= 0.3 is 0 Å². The molecule has 0 aromatic heterocycles. The van der Waals surface area contributed by atoms with Crippen molar-refractivity contribution in [2.45, 2.75) is 38.4 Å². The van der Waals surface area contributed by atoms with Crippen molar-refractivity contribution in [3.05, 3.63) is 35.6 Å². The number of rotatable bonds is 3. The largest absolute Gasteiger partial charge is 0.326 e. The van der Waals surface area contributed by atoms with Crippen molar-refractivity contribution in [3.8, 4) is 0 Å². The summed E-state index contributed by atoms with van der Waals surface area (Å²) < 4.78 is 14.2. The van der Waals surface area contributed by atoms with Gasteiger partial charge in [-0.1, -0.05) is 18.2 Å². The zero-order valence-electron chi connectivity index (χ0n) is 12.7. The lowest BCUT2D eigenvalue weighted by molar-refractivity contribution is 0.124. The highest BCUT2D eigenvalue weighted by molar-refractivity contribution is 5.23. The molecule has 1 aromatic rings. The fourth-order valence-corrected chi connectivity index (χ4v) is 3.28. The first-order chi connectivity index (χ1) is 9.50. The number of halogens is 1. The molecule has 0 bridgehead atoms. The summed E-state index contributed by atoms with van der Waals surface area (Å²) in [6.45, 7) is 7.23. The lowest BCUT2D eigenvalue weighted by atomic mass is 9.97. The van der Waals surface area contributed by atoms with Crippen molar-refractivity contribution in [2.75, 3.05) is 26.7 Å². The maximum Gasteiger partial charge on any atom is 0.128 e. The maximum absolute atomic E-state index is 14.2. The Hall–Kier alpha value is -0.970. The Labute approximate surface area is 121 Å². The van der Waals surface area contributed by atoms with E-state index in [2.05, 4.69) is 23.8 Å². The van der Waals surface area contributed by atoms with Crippen LogP contribution in [0, 0.1) is 5.82 Å². The van der Waals surface area contributed by atoms with Gasteiger partial charge in [0.2, 0.25) is 0 Å². The van der Waals surface area contributed by atoms with Crippen LogP contribution in [-0.4, -0.2) is 48.6 Å². The van der Waals surface area contributed by atoms with Gasteiger partial charge in [-0.15, -0.1) is 0 Å². The van der Waals surface area contributed by atoms with Crippen LogP contribution in [0.5, 0.6) is 0 Å². The maximum atomic E-state index is 14.2. The molecule has 1 aromatic carbocycles. The molecule has 0 spiro atoms. The summed E-state index contributed by atoms with van der Waals surface area (Å²) in [5, 5.41) is 0. The molecule has 4 heteroatoms. The van der Waals surface area contributed by atoms with Crippen molar-refractivity contribution in [1.29, 1.82) is 0 Å². The number of nitrogens with two attached hydrogens (primary N) is 1. The van der Waals surface area contributed by atoms with Crippen molar-refractivity contribution in [3.63, 3.8) is 0 Å². The van der Waals surface area contributed by atoms with E-state index in [-0.39, 0.29) is 17.9 Å². The number of benzene rings is 1. The Balaban J connectivity index is 2.31. The van der Waals surface area contributed by atoms with Crippen LogP contribution < -0.4 is 5.73 Å². The van der Waals surface area contributed by atoms with E-state index >= 15 is 0 Å². The summed E-state index contributed by atoms with van der Waals surface area (Å²) in [5.41, 5.74) is 6.92. The molecule has 3 atom stereocenters. The Kier molecular flexibility index (Phi) is 5.13. The van der Waals surface area contributed by atoms with Crippen LogP contribution in [0.25, 0.3) is 0 Å². The highest BCUT2D eigenvalue weighted by Crippen LogP contribution is 2.29. The topological polar surface area (TPSA) is 32.5 Å². The molecule has 3 nitrogen and oxygen atoms in total. The molecule has 20 heavy (non-hydrogen) atoms. The Morgan fingerprint density at radius 2 is 2.00 bits per heavy atom. The van der Waals surface area contributed by atoms with Gasteiger partial charge in [0.05, 0.1) is 6.04 Å². The second kappa shape index (κ2) is 6.66. The molecule has 1 aliphatic heterocycles. The van der Waals surface area contributed by atoms with Crippen molar-refractivity contribution in [1.82, 2.24) is 9.80 Å². The minimum Gasteiger partial charge on any atom is -0.326 e. The summed E-state index contributed by atoms with van der Waals surface area (Å²) in [4.78, 5) is 4.71. The van der Waals surface area contributed by atoms with E-state index in [0.29, 0.717) is 6.04 Å². The van der Waals surface area contributed by atoms with Crippen LogP contribution in [0.4, 0.5) is 4.39 Å². The van der Waals surface area contributed by atoms with Gasteiger partial charge in [-0.25, -0.2) is 4.39 Å². The lowest BCUT2D eigenvalue weighted by Gasteiger charge is -2.38. The summed E-state index contributed by atoms with van der Waals surface area (Å²) in [6.07, 6.45) is 1.10. The third-order valence-electron chi connectivity index (χ3n) is 4.18. The van der Waals surface area contributed by atoms with E-state index in [4.69, 9.17) is 5.73 Å². The van der Waals surface area contributed by atoms with Crippen LogP contribution in [0.15, 0.2) is 24.3 Å². The highest BCUT2D eigenvalue weighted by atomic mass is 19.1. The molecule has 1 saturated heterocycles. The predicted molar refractivity (Wildman–Crippen MR) is 81.1 cm³/mol. The van der Waals surface area contributed by atoms with Gasteiger partial charge in [-0.3, -0.25) is 4.90 Å². The molecule has 112 valence electrons. The predicted octanol–water partition coefficient (Wildman–Crippen LogP) is 2.24. The van der Waals surface area contributed by atoms with E-state index in [1.165, 1.54) is 6.07 Å². The van der Waals surface area contributed by atoms with Crippen LogP contribution in [0.2, 0.25) is 0 Å². The molecular weight excluding hydrogens is 253 g/mol. The summed E-state index contributed by atoms with van der Waals surface area (Å²) in [5.74, 6) is -0.153. The van der Waals surface area contributed by atoms with Crippen molar-refractivity contribution >= 4 is 0 Å². The summed E-state index contributed by atoms with van der Waals surface area (Å²) in [6, 6.07) is 7.23. The normalized spacial score (nSPS) is 25.1. The lowest BCUT2D eigenvalue weighted by Crippen LogP contribution is -2.46. The van der Waals surface area contributed by atoms with E-state index in [0.717, 1.165) is 31.6 Å². The molecular formula is C16H26FN3. The summed E-state index contributed by atoms with van der Waals surface area (Å²) >= 11 is 0. The Bertz CT molecular complexity index is 435. The van der Waals surface area contributed by atoms with E-state index in [9.17, 15) is 4.39 Å². The molecule has 0 aliphatic carbocycles. The first kappa shape index (κ1) is 15.4. The van der Waals surface area contributed by atoms with E-state index < -0.39 is 0 Å².